The normalized spacial score (nSPS) is 10.5. The van der Waals surface area contributed by atoms with Crippen LogP contribution in [0.3, 0.4) is 0 Å². The Balaban J connectivity index is 2.29. The van der Waals surface area contributed by atoms with Crippen molar-refractivity contribution in [3.05, 3.63) is 35.9 Å². The van der Waals surface area contributed by atoms with Gasteiger partial charge in [0, 0.05) is 4.90 Å². The molecule has 1 aromatic heterocycles. The first-order valence-electron chi connectivity index (χ1n) is 4.41. The zero-order valence-corrected chi connectivity index (χ0v) is 8.94. The van der Waals surface area contributed by atoms with E-state index < -0.39 is 0 Å². The number of nitrogens with zero attached hydrogens (tertiary/aromatic N) is 1. The maximum atomic E-state index is 13.3. The van der Waals surface area contributed by atoms with Crippen LogP contribution in [0, 0.1) is 12.7 Å². The van der Waals surface area contributed by atoms with Crippen LogP contribution in [-0.4, -0.2) is 9.97 Å². The number of benzene rings is 1. The third-order valence-corrected chi connectivity index (χ3v) is 2.91. The van der Waals surface area contributed by atoms with Crippen LogP contribution in [0.5, 0.6) is 0 Å². The summed E-state index contributed by atoms with van der Waals surface area (Å²) in [6.07, 6.45) is 0. The lowest BCUT2D eigenvalue weighted by Crippen LogP contribution is -1.87. The molecular weight excluding hydrogens is 213 g/mol. The Hall–Kier alpha value is -1.49. The van der Waals surface area contributed by atoms with Crippen molar-refractivity contribution in [2.75, 3.05) is 5.73 Å². The number of nitrogens with one attached hydrogen (secondary N) is 1. The van der Waals surface area contributed by atoms with Gasteiger partial charge in [-0.2, -0.15) is 0 Å². The van der Waals surface area contributed by atoms with Gasteiger partial charge in [-0.05, 0) is 19.1 Å². The number of rotatable bonds is 2. The summed E-state index contributed by atoms with van der Waals surface area (Å²) in [4.78, 5) is 7.56. The number of hydrogen-bond donors (Lipinski definition) is 2. The van der Waals surface area contributed by atoms with Crippen molar-refractivity contribution in [3.63, 3.8) is 0 Å². The highest BCUT2D eigenvalue weighted by atomic mass is 32.2. The molecule has 0 amide bonds. The van der Waals surface area contributed by atoms with E-state index in [1.165, 1.54) is 17.8 Å². The molecule has 0 unspecified atom stereocenters. The number of H-pyrrole nitrogens is 1. The van der Waals surface area contributed by atoms with Crippen LogP contribution in [0.15, 0.2) is 34.2 Å². The second kappa shape index (κ2) is 3.94. The number of halogens is 1. The number of aromatic nitrogens is 2. The number of aryl methyl sites for hydroxylation is 1. The summed E-state index contributed by atoms with van der Waals surface area (Å²) in [6, 6.07) is 6.54. The molecule has 0 fully saturated rings. The second-order valence-corrected chi connectivity index (χ2v) is 4.10. The molecule has 0 aliphatic rings. The molecule has 0 bridgehead atoms. The van der Waals surface area contributed by atoms with Gasteiger partial charge in [0.25, 0.3) is 0 Å². The summed E-state index contributed by atoms with van der Waals surface area (Å²) in [7, 11) is 0. The van der Waals surface area contributed by atoms with Crippen molar-refractivity contribution in [1.82, 2.24) is 9.97 Å². The predicted molar refractivity (Wildman–Crippen MR) is 58.3 cm³/mol. The molecule has 0 radical (unpaired) electrons. The van der Waals surface area contributed by atoms with Gasteiger partial charge in [0.05, 0.1) is 0 Å². The molecule has 2 aromatic rings. The molecule has 3 N–H and O–H groups in total. The minimum absolute atomic E-state index is 0.262. The van der Waals surface area contributed by atoms with Gasteiger partial charge in [0.15, 0.2) is 0 Å². The van der Waals surface area contributed by atoms with E-state index in [2.05, 4.69) is 9.97 Å². The molecule has 0 atom stereocenters. The number of anilines is 1. The summed E-state index contributed by atoms with van der Waals surface area (Å²) < 4.78 is 13.3. The largest absolute Gasteiger partial charge is 0.383 e. The van der Waals surface area contributed by atoms with Gasteiger partial charge >= 0.3 is 0 Å². The molecule has 0 saturated heterocycles. The molecule has 5 heteroatoms. The Labute approximate surface area is 90.9 Å². The van der Waals surface area contributed by atoms with Crippen LogP contribution in [-0.2, 0) is 0 Å². The molecule has 1 heterocycles. The van der Waals surface area contributed by atoms with Gasteiger partial charge in [-0.3, -0.25) is 0 Å². The van der Waals surface area contributed by atoms with Crippen molar-refractivity contribution in [2.45, 2.75) is 16.8 Å². The summed E-state index contributed by atoms with van der Waals surface area (Å²) >= 11 is 1.22. The van der Waals surface area contributed by atoms with Gasteiger partial charge in [-0.15, -0.1) is 0 Å². The van der Waals surface area contributed by atoms with E-state index >= 15 is 0 Å². The van der Waals surface area contributed by atoms with Crippen molar-refractivity contribution >= 4 is 17.6 Å². The Morgan fingerprint density at radius 1 is 1.40 bits per heavy atom. The van der Waals surface area contributed by atoms with Gasteiger partial charge in [0.2, 0.25) is 0 Å². The highest BCUT2D eigenvalue weighted by Crippen LogP contribution is 2.31. The van der Waals surface area contributed by atoms with E-state index in [9.17, 15) is 4.39 Å². The van der Waals surface area contributed by atoms with Crippen molar-refractivity contribution in [2.24, 2.45) is 0 Å². The summed E-state index contributed by atoms with van der Waals surface area (Å²) in [5.74, 6) is 0.939. The topological polar surface area (TPSA) is 54.7 Å². The number of aromatic amines is 1. The smallest absolute Gasteiger partial charge is 0.143 e. The summed E-state index contributed by atoms with van der Waals surface area (Å²) in [5.41, 5.74) is 5.68. The number of nitrogen functional groups attached to an aromatic ring is 1. The van der Waals surface area contributed by atoms with E-state index in [1.807, 2.05) is 6.92 Å². The first-order chi connectivity index (χ1) is 7.16. The predicted octanol–water partition coefficient (Wildman–Crippen LogP) is 2.59. The molecule has 78 valence electrons. The monoisotopic (exact) mass is 223 g/mol. The van der Waals surface area contributed by atoms with E-state index in [4.69, 9.17) is 5.73 Å². The molecule has 0 saturated carbocycles. The van der Waals surface area contributed by atoms with Crippen LogP contribution in [0.4, 0.5) is 10.2 Å². The Bertz CT molecular complexity index is 481. The van der Waals surface area contributed by atoms with Crippen molar-refractivity contribution in [1.29, 1.82) is 0 Å². The van der Waals surface area contributed by atoms with Gasteiger partial charge in [0.1, 0.15) is 22.5 Å². The highest BCUT2D eigenvalue weighted by Gasteiger charge is 2.09. The van der Waals surface area contributed by atoms with Crippen LogP contribution in [0.1, 0.15) is 5.82 Å². The first kappa shape index (κ1) is 10.0. The average molecular weight is 223 g/mol. The molecule has 1 aromatic carbocycles. The minimum atomic E-state index is -0.262. The van der Waals surface area contributed by atoms with Crippen LogP contribution in [0.2, 0.25) is 0 Å². The average Bonchev–Trinajstić information content (AvgIpc) is 2.49. The lowest BCUT2D eigenvalue weighted by molar-refractivity contribution is 0.602. The maximum Gasteiger partial charge on any atom is 0.143 e. The molecule has 0 aliphatic heterocycles. The Morgan fingerprint density at radius 3 is 2.73 bits per heavy atom. The third-order valence-electron chi connectivity index (χ3n) is 1.86. The van der Waals surface area contributed by atoms with E-state index in [0.29, 0.717) is 15.7 Å². The fourth-order valence-electron chi connectivity index (χ4n) is 1.20. The first-order valence-corrected chi connectivity index (χ1v) is 5.23. The third kappa shape index (κ3) is 2.12. The maximum absolute atomic E-state index is 13.3. The zero-order chi connectivity index (χ0) is 10.8. The molecule has 0 aliphatic carbocycles. The molecular formula is C10H10FN3S. The highest BCUT2D eigenvalue weighted by molar-refractivity contribution is 7.99. The van der Waals surface area contributed by atoms with E-state index in [0.717, 1.165) is 5.82 Å². The minimum Gasteiger partial charge on any atom is -0.383 e. The molecule has 0 spiro atoms. The number of hydrogen-bond acceptors (Lipinski definition) is 3. The van der Waals surface area contributed by atoms with Gasteiger partial charge in [-0.25, -0.2) is 9.37 Å². The lowest BCUT2D eigenvalue weighted by atomic mass is 10.3. The fraction of sp³-hybridized carbons (Fsp3) is 0.100. The molecule has 15 heavy (non-hydrogen) atoms. The molecule has 3 nitrogen and oxygen atoms in total. The number of imidazole rings is 1. The quantitative estimate of drug-likeness (QED) is 0.822. The van der Waals surface area contributed by atoms with Crippen molar-refractivity contribution in [3.8, 4) is 0 Å². The van der Waals surface area contributed by atoms with E-state index in [1.54, 1.807) is 18.2 Å². The lowest BCUT2D eigenvalue weighted by Gasteiger charge is -1.99. The zero-order valence-electron chi connectivity index (χ0n) is 8.12. The van der Waals surface area contributed by atoms with Crippen molar-refractivity contribution < 1.29 is 4.39 Å². The molecule has 2 rings (SSSR count). The SMILES string of the molecule is Cc1nc(Sc2ccccc2F)c(N)[nH]1. The Morgan fingerprint density at radius 2 is 2.13 bits per heavy atom. The van der Waals surface area contributed by atoms with Crippen LogP contribution in [0.25, 0.3) is 0 Å². The standard InChI is InChI=1S/C10H10FN3S/c1-6-13-9(12)10(14-6)15-8-5-3-2-4-7(8)11/h2-5H,12H2,1H3,(H,13,14). The Kier molecular flexibility index (Phi) is 2.64. The second-order valence-electron chi connectivity index (χ2n) is 3.07. The fourth-order valence-corrected chi connectivity index (χ4v) is 2.06. The van der Waals surface area contributed by atoms with Gasteiger partial charge < -0.3 is 10.7 Å². The summed E-state index contributed by atoms with van der Waals surface area (Å²) in [6.45, 7) is 1.81. The van der Waals surface area contributed by atoms with Gasteiger partial charge in [-0.1, -0.05) is 23.9 Å². The van der Waals surface area contributed by atoms with Crippen LogP contribution >= 0.6 is 11.8 Å². The van der Waals surface area contributed by atoms with E-state index in [-0.39, 0.29) is 5.82 Å². The summed E-state index contributed by atoms with van der Waals surface area (Å²) in [5, 5.41) is 0.609. The number of nitrogens with two attached hydrogens (primary N) is 1. The van der Waals surface area contributed by atoms with Crippen LogP contribution < -0.4 is 5.73 Å².